The number of nitrogens with zero attached hydrogens (tertiary/aromatic N) is 1. The Labute approximate surface area is 124 Å². The van der Waals surface area contributed by atoms with E-state index >= 15 is 0 Å². The van der Waals surface area contributed by atoms with Crippen LogP contribution < -0.4 is 14.8 Å². The molecule has 0 spiro atoms. The first kappa shape index (κ1) is 15.1. The van der Waals surface area contributed by atoms with Crippen molar-refractivity contribution in [3.05, 3.63) is 42.6 Å². The zero-order valence-corrected chi connectivity index (χ0v) is 12.6. The van der Waals surface area contributed by atoms with Crippen LogP contribution in [-0.2, 0) is 10.0 Å². The van der Waals surface area contributed by atoms with Crippen molar-refractivity contribution in [1.82, 2.24) is 4.98 Å². The van der Waals surface area contributed by atoms with E-state index in [1.54, 1.807) is 37.4 Å². The molecule has 1 aromatic carbocycles. The number of hydrogen-bond donors (Lipinski definition) is 2. The molecule has 2 N–H and O–H groups in total. The molecule has 0 aliphatic rings. The van der Waals surface area contributed by atoms with Gasteiger partial charge in [-0.3, -0.25) is 4.72 Å². The molecule has 0 saturated carbocycles. The van der Waals surface area contributed by atoms with Crippen LogP contribution in [0.1, 0.15) is 6.92 Å². The third kappa shape index (κ3) is 3.43. The fourth-order valence-electron chi connectivity index (χ4n) is 1.83. The van der Waals surface area contributed by atoms with Crippen molar-refractivity contribution >= 4 is 21.5 Å². The minimum atomic E-state index is -3.75. The van der Waals surface area contributed by atoms with Gasteiger partial charge in [0, 0.05) is 13.2 Å². The number of anilines is 2. The molecule has 7 heteroatoms. The minimum absolute atomic E-state index is 0.0822. The first-order valence-electron chi connectivity index (χ1n) is 6.46. The Morgan fingerprint density at radius 2 is 1.95 bits per heavy atom. The van der Waals surface area contributed by atoms with Gasteiger partial charge in [0.15, 0.2) is 0 Å². The molecule has 21 heavy (non-hydrogen) atoms. The lowest BCUT2D eigenvalue weighted by Crippen LogP contribution is -2.16. The molecule has 0 fully saturated rings. The summed E-state index contributed by atoms with van der Waals surface area (Å²) in [6.45, 7) is 2.29. The second kappa shape index (κ2) is 6.45. The van der Waals surface area contributed by atoms with Crippen molar-refractivity contribution in [3.63, 3.8) is 0 Å². The Balaban J connectivity index is 2.38. The largest absolute Gasteiger partial charge is 0.492 e. The summed E-state index contributed by atoms with van der Waals surface area (Å²) in [6, 6.07) is 9.95. The molecule has 0 radical (unpaired) electrons. The number of para-hydroxylation sites is 2. The second-order valence-corrected chi connectivity index (χ2v) is 5.79. The van der Waals surface area contributed by atoms with Crippen molar-refractivity contribution < 1.29 is 13.2 Å². The van der Waals surface area contributed by atoms with Crippen LogP contribution in [0.15, 0.2) is 47.5 Å². The van der Waals surface area contributed by atoms with Gasteiger partial charge in [-0.25, -0.2) is 13.4 Å². The van der Waals surface area contributed by atoms with Crippen molar-refractivity contribution in [1.29, 1.82) is 0 Å². The zero-order chi connectivity index (χ0) is 15.3. The van der Waals surface area contributed by atoms with E-state index in [4.69, 9.17) is 4.74 Å². The second-order valence-electron chi connectivity index (χ2n) is 4.13. The predicted molar refractivity (Wildman–Crippen MR) is 82.2 cm³/mol. The third-order valence-corrected chi connectivity index (χ3v) is 4.13. The summed E-state index contributed by atoms with van der Waals surface area (Å²) >= 11 is 0. The highest BCUT2D eigenvalue weighted by Crippen LogP contribution is 2.28. The fourth-order valence-corrected chi connectivity index (χ4v) is 3.06. The Morgan fingerprint density at radius 1 is 1.19 bits per heavy atom. The van der Waals surface area contributed by atoms with Crippen LogP contribution in [0.5, 0.6) is 5.75 Å². The molecule has 1 aromatic heterocycles. The van der Waals surface area contributed by atoms with Crippen LogP contribution in [0.2, 0.25) is 0 Å². The van der Waals surface area contributed by atoms with E-state index in [0.717, 1.165) is 0 Å². The van der Waals surface area contributed by atoms with Crippen LogP contribution in [0, 0.1) is 0 Å². The van der Waals surface area contributed by atoms with Crippen molar-refractivity contribution in [2.75, 3.05) is 23.7 Å². The number of benzene rings is 1. The van der Waals surface area contributed by atoms with Crippen LogP contribution in [-0.4, -0.2) is 27.1 Å². The normalized spacial score (nSPS) is 11.0. The lowest BCUT2D eigenvalue weighted by molar-refractivity contribution is 0.342. The van der Waals surface area contributed by atoms with Gasteiger partial charge in [0.1, 0.15) is 16.5 Å². The van der Waals surface area contributed by atoms with Gasteiger partial charge in [-0.15, -0.1) is 0 Å². The number of aromatic nitrogens is 1. The highest BCUT2D eigenvalue weighted by atomic mass is 32.2. The summed E-state index contributed by atoms with van der Waals surface area (Å²) in [5, 5.41) is 2.77. The minimum Gasteiger partial charge on any atom is -0.492 e. The number of ether oxygens (including phenoxy) is 1. The topological polar surface area (TPSA) is 80.3 Å². The summed E-state index contributed by atoms with van der Waals surface area (Å²) in [5.41, 5.74) is 0.394. The maximum absolute atomic E-state index is 12.5. The van der Waals surface area contributed by atoms with E-state index in [1.165, 1.54) is 12.3 Å². The van der Waals surface area contributed by atoms with Gasteiger partial charge in [0.05, 0.1) is 12.3 Å². The molecule has 0 atom stereocenters. The fraction of sp³-hybridized carbons (Fsp3) is 0.214. The monoisotopic (exact) mass is 307 g/mol. The van der Waals surface area contributed by atoms with E-state index in [0.29, 0.717) is 23.9 Å². The van der Waals surface area contributed by atoms with Crippen LogP contribution in [0.25, 0.3) is 0 Å². The Kier molecular flexibility index (Phi) is 4.64. The van der Waals surface area contributed by atoms with Gasteiger partial charge in [0.2, 0.25) is 0 Å². The van der Waals surface area contributed by atoms with Crippen molar-refractivity contribution in [3.8, 4) is 5.75 Å². The molecule has 0 aliphatic carbocycles. The average Bonchev–Trinajstić information content (AvgIpc) is 2.49. The number of rotatable bonds is 6. The molecular formula is C14H17N3O3S. The summed E-state index contributed by atoms with van der Waals surface area (Å²) in [6.07, 6.45) is 1.53. The third-order valence-electron chi connectivity index (χ3n) is 2.73. The van der Waals surface area contributed by atoms with E-state index in [9.17, 15) is 8.42 Å². The highest BCUT2D eigenvalue weighted by Gasteiger charge is 2.20. The number of sulfonamides is 1. The SMILES string of the molecule is CCOc1ccccc1NS(=O)(=O)c1cccnc1NC. The molecule has 0 saturated heterocycles. The molecule has 0 amide bonds. The number of nitrogens with one attached hydrogen (secondary N) is 2. The van der Waals surface area contributed by atoms with Crippen LogP contribution in [0.4, 0.5) is 11.5 Å². The molecule has 2 rings (SSSR count). The van der Waals surface area contributed by atoms with E-state index in [2.05, 4.69) is 15.0 Å². The van der Waals surface area contributed by atoms with E-state index in [-0.39, 0.29) is 4.90 Å². The summed E-state index contributed by atoms with van der Waals surface area (Å²) < 4.78 is 32.9. The number of hydrogen-bond acceptors (Lipinski definition) is 5. The molecule has 1 heterocycles. The Bertz CT molecular complexity index is 717. The molecule has 6 nitrogen and oxygen atoms in total. The molecule has 0 unspecified atom stereocenters. The molecule has 2 aromatic rings. The van der Waals surface area contributed by atoms with Gasteiger partial charge in [0.25, 0.3) is 10.0 Å². The highest BCUT2D eigenvalue weighted by molar-refractivity contribution is 7.92. The molecule has 0 aliphatic heterocycles. The van der Waals surface area contributed by atoms with Crippen LogP contribution in [0.3, 0.4) is 0 Å². The maximum Gasteiger partial charge on any atom is 0.265 e. The van der Waals surface area contributed by atoms with E-state index in [1.807, 2.05) is 6.92 Å². The van der Waals surface area contributed by atoms with Crippen molar-refractivity contribution in [2.24, 2.45) is 0 Å². The van der Waals surface area contributed by atoms with Gasteiger partial charge in [-0.2, -0.15) is 0 Å². The maximum atomic E-state index is 12.5. The molecular weight excluding hydrogens is 290 g/mol. The summed E-state index contributed by atoms with van der Waals surface area (Å²) in [7, 11) is -2.13. The first-order valence-corrected chi connectivity index (χ1v) is 7.94. The zero-order valence-electron chi connectivity index (χ0n) is 11.8. The lowest BCUT2D eigenvalue weighted by atomic mass is 10.3. The van der Waals surface area contributed by atoms with Gasteiger partial charge in [-0.05, 0) is 31.2 Å². The van der Waals surface area contributed by atoms with Gasteiger partial charge >= 0.3 is 0 Å². The van der Waals surface area contributed by atoms with E-state index < -0.39 is 10.0 Å². The first-order chi connectivity index (χ1) is 10.1. The average molecular weight is 307 g/mol. The molecule has 0 bridgehead atoms. The Hall–Kier alpha value is -2.28. The summed E-state index contributed by atoms with van der Waals surface area (Å²) in [4.78, 5) is 4.08. The number of pyridine rings is 1. The van der Waals surface area contributed by atoms with Gasteiger partial charge in [-0.1, -0.05) is 12.1 Å². The van der Waals surface area contributed by atoms with Crippen molar-refractivity contribution in [2.45, 2.75) is 11.8 Å². The smallest absolute Gasteiger partial charge is 0.265 e. The Morgan fingerprint density at radius 3 is 2.67 bits per heavy atom. The standard InChI is InChI=1S/C14H17N3O3S/c1-3-20-12-8-5-4-7-11(12)17-21(18,19)13-9-6-10-16-14(13)15-2/h4-10,17H,3H2,1-2H3,(H,15,16). The predicted octanol–water partition coefficient (Wildman–Crippen LogP) is 2.32. The summed E-state index contributed by atoms with van der Waals surface area (Å²) in [5.74, 6) is 0.775. The quantitative estimate of drug-likeness (QED) is 0.856. The van der Waals surface area contributed by atoms with Crippen LogP contribution >= 0.6 is 0 Å². The molecule has 112 valence electrons. The lowest BCUT2D eigenvalue weighted by Gasteiger charge is -2.14. The van der Waals surface area contributed by atoms with Gasteiger partial charge < -0.3 is 10.1 Å².